The second-order valence-corrected chi connectivity index (χ2v) is 2.34. The van der Waals surface area contributed by atoms with Crippen molar-refractivity contribution in [1.29, 1.82) is 0 Å². The number of benzene rings is 1. The Bertz CT molecular complexity index is 284. The topological polar surface area (TPSA) is 51.2 Å². The molecule has 0 radical (unpaired) electrons. The first-order chi connectivity index (χ1) is 5.13. The lowest BCUT2D eigenvalue weighted by atomic mass is 10.4. The summed E-state index contributed by atoms with van der Waals surface area (Å²) < 4.78 is 25.3. The molecule has 0 heterocycles. The van der Waals surface area contributed by atoms with E-state index in [0.717, 1.165) is 5.02 Å². The highest BCUT2D eigenvalue weighted by Gasteiger charge is 1.74. The number of hydrogen-bond acceptors (Lipinski definition) is 3. The second kappa shape index (κ2) is 5.88. The van der Waals surface area contributed by atoms with Crippen molar-refractivity contribution in [3.8, 4) is 0 Å². The van der Waals surface area contributed by atoms with E-state index in [2.05, 4.69) is 0 Å². The summed E-state index contributed by atoms with van der Waals surface area (Å²) in [6, 6.07) is 9.44. The Morgan fingerprint density at radius 3 is 1.55 bits per heavy atom. The standard InChI is InChI=1S/C6H5Cl.O3S/c7-6-4-2-1-3-5-6;1-4(2)3/h1-5H;. The van der Waals surface area contributed by atoms with Crippen LogP contribution in [0.3, 0.4) is 0 Å². The lowest BCUT2D eigenvalue weighted by Gasteiger charge is -1.80. The van der Waals surface area contributed by atoms with Gasteiger partial charge in [0.2, 0.25) is 0 Å². The fraction of sp³-hybridized carbons (Fsp3) is 0. The fourth-order valence-corrected chi connectivity index (χ4v) is 0.560. The summed E-state index contributed by atoms with van der Waals surface area (Å²) in [5.41, 5.74) is 0. The van der Waals surface area contributed by atoms with Gasteiger partial charge in [-0.1, -0.05) is 29.8 Å². The van der Waals surface area contributed by atoms with Gasteiger partial charge >= 0.3 is 10.6 Å². The van der Waals surface area contributed by atoms with Gasteiger partial charge in [-0.15, -0.1) is 12.6 Å². The molecule has 0 N–H and O–H groups in total. The average Bonchev–Trinajstić information content (AvgIpc) is 1.87. The monoisotopic (exact) mass is 192 g/mol. The van der Waals surface area contributed by atoms with Crippen LogP contribution in [-0.4, -0.2) is 12.6 Å². The zero-order chi connectivity index (χ0) is 8.69. The molecule has 0 bridgehead atoms. The Morgan fingerprint density at radius 2 is 1.36 bits per heavy atom. The van der Waals surface area contributed by atoms with E-state index in [4.69, 9.17) is 24.2 Å². The van der Waals surface area contributed by atoms with Crippen molar-refractivity contribution < 1.29 is 12.6 Å². The van der Waals surface area contributed by atoms with Gasteiger partial charge in [-0.25, -0.2) is 0 Å². The maximum atomic E-state index is 8.44. The molecule has 1 rings (SSSR count). The summed E-state index contributed by atoms with van der Waals surface area (Å²) in [6.45, 7) is 0. The van der Waals surface area contributed by atoms with Crippen LogP contribution in [0.15, 0.2) is 30.3 Å². The summed E-state index contributed by atoms with van der Waals surface area (Å²) in [5.74, 6) is 0. The molecule has 0 aliphatic rings. The maximum absolute atomic E-state index is 8.44. The minimum atomic E-state index is -3.11. The van der Waals surface area contributed by atoms with Gasteiger partial charge in [-0.2, -0.15) is 0 Å². The van der Waals surface area contributed by atoms with Crippen molar-refractivity contribution in [2.45, 2.75) is 0 Å². The minimum absolute atomic E-state index is 0.794. The smallest absolute Gasteiger partial charge is 0.142 e. The summed E-state index contributed by atoms with van der Waals surface area (Å²) in [7, 11) is -3.11. The predicted octanol–water partition coefficient (Wildman–Crippen LogP) is 1.34. The molecule has 0 aliphatic heterocycles. The van der Waals surface area contributed by atoms with Crippen molar-refractivity contribution >= 4 is 22.2 Å². The highest BCUT2D eigenvalue weighted by atomic mass is 35.5. The van der Waals surface area contributed by atoms with Gasteiger partial charge in [0.25, 0.3) is 0 Å². The highest BCUT2D eigenvalue weighted by Crippen LogP contribution is 2.03. The average molecular weight is 193 g/mol. The maximum Gasteiger partial charge on any atom is 0.425 e. The molecule has 0 amide bonds. The Hall–Kier alpha value is -0.870. The van der Waals surface area contributed by atoms with E-state index < -0.39 is 10.6 Å². The summed E-state index contributed by atoms with van der Waals surface area (Å²) in [5, 5.41) is 0.794. The summed E-state index contributed by atoms with van der Waals surface area (Å²) >= 11 is 5.54. The van der Waals surface area contributed by atoms with Gasteiger partial charge in [0.1, 0.15) is 0 Å². The van der Waals surface area contributed by atoms with Crippen LogP contribution in [0.25, 0.3) is 0 Å². The molecule has 0 spiro atoms. The van der Waals surface area contributed by atoms with Crippen molar-refractivity contribution in [2.24, 2.45) is 0 Å². The van der Waals surface area contributed by atoms with Crippen LogP contribution in [0.4, 0.5) is 0 Å². The van der Waals surface area contributed by atoms with Crippen LogP contribution in [0, 0.1) is 0 Å². The minimum Gasteiger partial charge on any atom is -0.142 e. The summed E-state index contributed by atoms with van der Waals surface area (Å²) in [6.07, 6.45) is 0. The summed E-state index contributed by atoms with van der Waals surface area (Å²) in [4.78, 5) is 0. The Kier molecular flexibility index (Phi) is 5.42. The van der Waals surface area contributed by atoms with Gasteiger partial charge in [0.05, 0.1) is 0 Å². The van der Waals surface area contributed by atoms with Crippen LogP contribution in [0.1, 0.15) is 0 Å². The molecule has 1 aromatic rings. The van der Waals surface area contributed by atoms with Crippen LogP contribution in [-0.2, 0) is 10.6 Å². The van der Waals surface area contributed by atoms with E-state index in [9.17, 15) is 0 Å². The second-order valence-electron chi connectivity index (χ2n) is 1.50. The molecule has 0 fully saturated rings. The Morgan fingerprint density at radius 1 is 1.00 bits per heavy atom. The van der Waals surface area contributed by atoms with E-state index in [1.165, 1.54) is 0 Å². The largest absolute Gasteiger partial charge is 0.425 e. The van der Waals surface area contributed by atoms with Crippen molar-refractivity contribution in [2.75, 3.05) is 0 Å². The molecule has 5 heteroatoms. The zero-order valence-electron chi connectivity index (χ0n) is 5.40. The Labute approximate surface area is 70.7 Å². The van der Waals surface area contributed by atoms with Gasteiger partial charge in [-0.05, 0) is 12.1 Å². The third kappa shape index (κ3) is 9.13. The molecule has 0 saturated carbocycles. The van der Waals surface area contributed by atoms with Crippen LogP contribution >= 0.6 is 11.6 Å². The van der Waals surface area contributed by atoms with Crippen LogP contribution < -0.4 is 0 Å². The van der Waals surface area contributed by atoms with Gasteiger partial charge < -0.3 is 0 Å². The Balaban J connectivity index is 0.000000218. The van der Waals surface area contributed by atoms with Crippen molar-refractivity contribution in [3.05, 3.63) is 35.4 Å². The van der Waals surface area contributed by atoms with E-state index >= 15 is 0 Å². The van der Waals surface area contributed by atoms with Gasteiger partial charge in [0, 0.05) is 5.02 Å². The van der Waals surface area contributed by atoms with E-state index in [-0.39, 0.29) is 0 Å². The zero-order valence-corrected chi connectivity index (χ0v) is 6.97. The molecule has 1 aromatic carbocycles. The third-order valence-electron chi connectivity index (χ3n) is 0.733. The number of rotatable bonds is 0. The van der Waals surface area contributed by atoms with E-state index in [0.29, 0.717) is 0 Å². The molecular weight excluding hydrogens is 188 g/mol. The first kappa shape index (κ1) is 10.1. The number of halogens is 1. The molecule has 0 aromatic heterocycles. The van der Waals surface area contributed by atoms with Gasteiger partial charge in [-0.3, -0.25) is 0 Å². The normalized spacial score (nSPS) is 7.73. The third-order valence-corrected chi connectivity index (χ3v) is 0.985. The van der Waals surface area contributed by atoms with Crippen molar-refractivity contribution in [1.82, 2.24) is 0 Å². The van der Waals surface area contributed by atoms with E-state index in [1.54, 1.807) is 0 Å². The van der Waals surface area contributed by atoms with Crippen molar-refractivity contribution in [3.63, 3.8) is 0 Å². The molecular formula is C6H5ClO3S. The molecule has 0 atom stereocenters. The lowest BCUT2D eigenvalue weighted by Crippen LogP contribution is -1.55. The quantitative estimate of drug-likeness (QED) is 0.623. The van der Waals surface area contributed by atoms with Gasteiger partial charge in [0.15, 0.2) is 0 Å². The SMILES string of the molecule is Clc1ccccc1.O=S(=O)=O. The lowest BCUT2D eigenvalue weighted by molar-refractivity contribution is 0.559. The first-order valence-electron chi connectivity index (χ1n) is 2.60. The predicted molar refractivity (Wildman–Crippen MR) is 41.1 cm³/mol. The van der Waals surface area contributed by atoms with E-state index in [1.807, 2.05) is 30.3 Å². The fourth-order valence-electron chi connectivity index (χ4n) is 0.415. The molecule has 0 unspecified atom stereocenters. The highest BCUT2D eigenvalue weighted by molar-refractivity contribution is 7.59. The van der Waals surface area contributed by atoms with Crippen LogP contribution in [0.2, 0.25) is 5.02 Å². The molecule has 3 nitrogen and oxygen atoms in total. The molecule has 0 saturated heterocycles. The first-order valence-corrected chi connectivity index (χ1v) is 3.98. The molecule has 60 valence electrons. The molecule has 11 heavy (non-hydrogen) atoms. The molecule has 0 aliphatic carbocycles. The number of hydrogen-bond donors (Lipinski definition) is 0. The van der Waals surface area contributed by atoms with Crippen LogP contribution in [0.5, 0.6) is 0 Å².